The Morgan fingerprint density at radius 3 is 2.92 bits per heavy atom. The smallest absolute Gasteiger partial charge is 0.167 e. The lowest BCUT2D eigenvalue weighted by atomic mass is 9.96. The lowest BCUT2D eigenvalue weighted by Crippen LogP contribution is -2.38. The second kappa shape index (κ2) is 4.58. The number of ketones is 1. The molecule has 3 nitrogen and oxygen atoms in total. The van der Waals surface area contributed by atoms with E-state index in [1.165, 1.54) is 0 Å². The summed E-state index contributed by atoms with van der Waals surface area (Å²) in [6, 6.07) is 0. The van der Waals surface area contributed by atoms with Crippen molar-refractivity contribution in [2.24, 2.45) is 5.92 Å². The molecule has 1 rings (SSSR count). The lowest BCUT2D eigenvalue weighted by molar-refractivity contribution is -0.192. The molecule has 0 spiro atoms. The molecule has 1 fully saturated rings. The number of rotatable bonds is 3. The highest BCUT2D eigenvalue weighted by Gasteiger charge is 2.31. The van der Waals surface area contributed by atoms with Crippen LogP contribution in [0.4, 0.5) is 0 Å². The molecule has 0 aromatic heterocycles. The van der Waals surface area contributed by atoms with Crippen molar-refractivity contribution < 1.29 is 14.3 Å². The fraction of sp³-hybridized carbons (Fsp3) is 0.889. The minimum atomic E-state index is -0.291. The predicted octanol–water partition coefficient (Wildman–Crippen LogP) is 1.36. The first-order valence-corrected chi connectivity index (χ1v) is 4.55. The van der Waals surface area contributed by atoms with Gasteiger partial charge in [-0.2, -0.15) is 0 Å². The maximum Gasteiger partial charge on any atom is 0.167 e. The van der Waals surface area contributed by atoms with E-state index in [1.54, 1.807) is 0 Å². The van der Waals surface area contributed by atoms with Gasteiger partial charge in [0.25, 0.3) is 0 Å². The predicted molar refractivity (Wildman–Crippen MR) is 44.8 cm³/mol. The Kier molecular flexibility index (Phi) is 3.69. The summed E-state index contributed by atoms with van der Waals surface area (Å²) < 4.78 is 10.7. The Morgan fingerprint density at radius 2 is 2.33 bits per heavy atom. The van der Waals surface area contributed by atoms with Crippen LogP contribution in [-0.2, 0) is 14.3 Å². The quantitative estimate of drug-likeness (QED) is 0.645. The van der Waals surface area contributed by atoms with Gasteiger partial charge in [-0.05, 0) is 13.3 Å². The second-order valence-corrected chi connectivity index (χ2v) is 2.93. The van der Waals surface area contributed by atoms with Crippen LogP contribution in [-0.4, -0.2) is 25.3 Å². The normalized spacial score (nSPS) is 30.7. The first-order valence-electron chi connectivity index (χ1n) is 4.55. The zero-order chi connectivity index (χ0) is 8.97. The van der Waals surface area contributed by atoms with Crippen molar-refractivity contribution in [2.75, 3.05) is 13.2 Å². The van der Waals surface area contributed by atoms with E-state index in [-0.39, 0.29) is 18.0 Å². The van der Waals surface area contributed by atoms with Gasteiger partial charge in [0.05, 0.1) is 12.5 Å². The Labute approximate surface area is 73.0 Å². The van der Waals surface area contributed by atoms with Crippen molar-refractivity contribution in [1.29, 1.82) is 0 Å². The van der Waals surface area contributed by atoms with Gasteiger partial charge in [-0.3, -0.25) is 4.79 Å². The zero-order valence-electron chi connectivity index (χ0n) is 7.71. The van der Waals surface area contributed by atoms with Crippen molar-refractivity contribution >= 4 is 5.78 Å². The molecule has 1 aliphatic rings. The minimum absolute atomic E-state index is 0.0429. The van der Waals surface area contributed by atoms with E-state index in [0.29, 0.717) is 19.6 Å². The van der Waals surface area contributed by atoms with Gasteiger partial charge in [0.1, 0.15) is 5.78 Å². The molecule has 0 bridgehead atoms. The topological polar surface area (TPSA) is 35.5 Å². The van der Waals surface area contributed by atoms with Crippen LogP contribution < -0.4 is 0 Å². The van der Waals surface area contributed by atoms with E-state index in [1.807, 2.05) is 13.8 Å². The van der Waals surface area contributed by atoms with Gasteiger partial charge in [-0.15, -0.1) is 0 Å². The largest absolute Gasteiger partial charge is 0.352 e. The van der Waals surface area contributed by atoms with E-state index in [0.717, 1.165) is 6.42 Å². The van der Waals surface area contributed by atoms with Crippen LogP contribution in [0.5, 0.6) is 0 Å². The average Bonchev–Trinajstić information content (AvgIpc) is 2.05. The number of hydrogen-bond donors (Lipinski definition) is 0. The van der Waals surface area contributed by atoms with Crippen LogP contribution in [0, 0.1) is 5.92 Å². The van der Waals surface area contributed by atoms with Gasteiger partial charge in [0, 0.05) is 13.0 Å². The van der Waals surface area contributed by atoms with Crippen LogP contribution in [0.25, 0.3) is 0 Å². The number of hydrogen-bond acceptors (Lipinski definition) is 3. The first kappa shape index (κ1) is 9.68. The van der Waals surface area contributed by atoms with Gasteiger partial charge in [0.2, 0.25) is 0 Å². The monoisotopic (exact) mass is 172 g/mol. The van der Waals surface area contributed by atoms with E-state index in [9.17, 15) is 4.79 Å². The van der Waals surface area contributed by atoms with Gasteiger partial charge in [-0.1, -0.05) is 6.92 Å². The van der Waals surface area contributed by atoms with Crippen LogP contribution in [0.2, 0.25) is 0 Å². The SMILES string of the molecule is CCOC1OCCC(=O)C1CC. The molecule has 12 heavy (non-hydrogen) atoms. The number of carbonyl (C=O) groups is 1. The maximum absolute atomic E-state index is 11.4. The van der Waals surface area contributed by atoms with Crippen molar-refractivity contribution in [1.82, 2.24) is 0 Å². The summed E-state index contributed by atoms with van der Waals surface area (Å²) in [7, 11) is 0. The van der Waals surface area contributed by atoms with Crippen molar-refractivity contribution in [3.63, 3.8) is 0 Å². The molecule has 0 N–H and O–H groups in total. The van der Waals surface area contributed by atoms with E-state index in [2.05, 4.69) is 0 Å². The van der Waals surface area contributed by atoms with E-state index < -0.39 is 0 Å². The van der Waals surface area contributed by atoms with E-state index >= 15 is 0 Å². The van der Waals surface area contributed by atoms with Crippen molar-refractivity contribution in [3.05, 3.63) is 0 Å². The van der Waals surface area contributed by atoms with Crippen LogP contribution in [0.1, 0.15) is 26.7 Å². The fourth-order valence-corrected chi connectivity index (χ4v) is 1.48. The molecule has 1 aliphatic heterocycles. The molecule has 0 amide bonds. The second-order valence-electron chi connectivity index (χ2n) is 2.93. The summed E-state index contributed by atoms with van der Waals surface area (Å²) in [5.41, 5.74) is 0. The van der Waals surface area contributed by atoms with Crippen LogP contribution in [0.3, 0.4) is 0 Å². The fourth-order valence-electron chi connectivity index (χ4n) is 1.48. The lowest BCUT2D eigenvalue weighted by Gasteiger charge is -2.29. The third-order valence-electron chi connectivity index (χ3n) is 2.14. The van der Waals surface area contributed by atoms with Gasteiger partial charge in [0.15, 0.2) is 6.29 Å². The zero-order valence-corrected chi connectivity index (χ0v) is 7.71. The van der Waals surface area contributed by atoms with Gasteiger partial charge in [-0.25, -0.2) is 0 Å². The molecule has 0 saturated carbocycles. The molecular weight excluding hydrogens is 156 g/mol. The summed E-state index contributed by atoms with van der Waals surface area (Å²) in [6.45, 7) is 5.02. The summed E-state index contributed by atoms with van der Waals surface area (Å²) in [5.74, 6) is 0.237. The Balaban J connectivity index is 2.51. The van der Waals surface area contributed by atoms with E-state index in [4.69, 9.17) is 9.47 Å². The number of Topliss-reactive ketones (excluding diaryl/α,β-unsaturated/α-hetero) is 1. The van der Waals surface area contributed by atoms with Crippen molar-refractivity contribution in [3.8, 4) is 0 Å². The van der Waals surface area contributed by atoms with Gasteiger partial charge >= 0.3 is 0 Å². The van der Waals surface area contributed by atoms with Crippen LogP contribution >= 0.6 is 0 Å². The highest BCUT2D eigenvalue weighted by atomic mass is 16.7. The highest BCUT2D eigenvalue weighted by Crippen LogP contribution is 2.21. The first-order chi connectivity index (χ1) is 5.79. The Bertz CT molecular complexity index is 154. The number of ether oxygens (including phenoxy) is 2. The molecule has 70 valence electrons. The highest BCUT2D eigenvalue weighted by molar-refractivity contribution is 5.82. The van der Waals surface area contributed by atoms with Gasteiger partial charge < -0.3 is 9.47 Å². The van der Waals surface area contributed by atoms with Crippen molar-refractivity contribution in [2.45, 2.75) is 33.0 Å². The molecule has 1 heterocycles. The third-order valence-corrected chi connectivity index (χ3v) is 2.14. The molecule has 0 radical (unpaired) electrons. The Morgan fingerprint density at radius 1 is 1.58 bits per heavy atom. The Hall–Kier alpha value is -0.410. The summed E-state index contributed by atoms with van der Waals surface area (Å²) in [4.78, 5) is 11.4. The molecule has 3 heteroatoms. The molecule has 0 aliphatic carbocycles. The summed E-state index contributed by atoms with van der Waals surface area (Å²) in [5, 5.41) is 0. The molecule has 2 unspecified atom stereocenters. The molecule has 0 aromatic carbocycles. The number of carbonyl (C=O) groups excluding carboxylic acids is 1. The standard InChI is InChI=1S/C9H16O3/c1-3-7-8(10)5-6-12-9(7)11-4-2/h7,9H,3-6H2,1-2H3. The molecule has 0 aromatic rings. The maximum atomic E-state index is 11.4. The molecule has 2 atom stereocenters. The average molecular weight is 172 g/mol. The molecule has 1 saturated heterocycles. The minimum Gasteiger partial charge on any atom is -0.352 e. The van der Waals surface area contributed by atoms with Crippen LogP contribution in [0.15, 0.2) is 0 Å². The molecular formula is C9H16O3. The summed E-state index contributed by atoms with van der Waals surface area (Å²) >= 11 is 0. The summed E-state index contributed by atoms with van der Waals surface area (Å²) in [6.07, 6.45) is 1.06. The third kappa shape index (κ3) is 2.05.